The summed E-state index contributed by atoms with van der Waals surface area (Å²) >= 11 is 0. The molecule has 0 saturated heterocycles. The molecule has 0 aliphatic heterocycles. The largest absolute Gasteiger partial charge is 0.348 e. The van der Waals surface area contributed by atoms with Crippen LogP contribution in [0.2, 0.25) is 0 Å². The second-order valence-electron chi connectivity index (χ2n) is 4.99. The first-order valence-electron chi connectivity index (χ1n) is 6.71. The summed E-state index contributed by atoms with van der Waals surface area (Å²) in [5.41, 5.74) is 2.70. The molecule has 0 aliphatic carbocycles. The fraction of sp³-hybridized carbons (Fsp3) is 0.125. The van der Waals surface area contributed by atoms with Crippen LogP contribution < -0.4 is 5.32 Å². The number of benzene rings is 2. The number of halogens is 2. The fourth-order valence-corrected chi connectivity index (χ4v) is 2.22. The van der Waals surface area contributed by atoms with Crippen LogP contribution in [0.25, 0.3) is 11.0 Å². The minimum Gasteiger partial charge on any atom is -0.348 e. The smallest absolute Gasteiger partial charge is 0.251 e. The van der Waals surface area contributed by atoms with Crippen molar-refractivity contribution in [2.75, 3.05) is 0 Å². The average Bonchev–Trinajstić information content (AvgIpc) is 2.86. The Morgan fingerprint density at radius 3 is 2.77 bits per heavy atom. The van der Waals surface area contributed by atoms with Crippen LogP contribution in [0.3, 0.4) is 0 Å². The molecule has 0 aliphatic rings. The number of nitrogens with one attached hydrogen (secondary N) is 2. The lowest BCUT2D eigenvalue weighted by atomic mass is 10.1. The molecule has 0 atom stereocenters. The summed E-state index contributed by atoms with van der Waals surface area (Å²) in [6.07, 6.45) is 0. The van der Waals surface area contributed by atoms with Gasteiger partial charge in [-0.15, -0.1) is 0 Å². The third-order valence-electron chi connectivity index (χ3n) is 3.30. The van der Waals surface area contributed by atoms with Gasteiger partial charge in [0, 0.05) is 12.1 Å². The Balaban J connectivity index is 1.72. The zero-order chi connectivity index (χ0) is 15.7. The first-order valence-corrected chi connectivity index (χ1v) is 6.71. The minimum atomic E-state index is -1.04. The number of H-pyrrole nitrogens is 1. The van der Waals surface area contributed by atoms with Gasteiger partial charge in [-0.05, 0) is 42.8 Å². The highest BCUT2D eigenvalue weighted by Crippen LogP contribution is 2.14. The molecule has 4 nitrogen and oxygen atoms in total. The highest BCUT2D eigenvalue weighted by atomic mass is 19.2. The average molecular weight is 301 g/mol. The first-order chi connectivity index (χ1) is 10.5. The normalized spacial score (nSPS) is 10.9. The summed E-state index contributed by atoms with van der Waals surface area (Å²) in [7, 11) is 0. The van der Waals surface area contributed by atoms with Gasteiger partial charge in [0.15, 0.2) is 11.6 Å². The number of hydrogen-bond acceptors (Lipinski definition) is 2. The maximum atomic E-state index is 13.1. The number of imidazole rings is 1. The number of aryl methyl sites for hydroxylation is 1. The molecule has 1 aromatic heterocycles. The van der Waals surface area contributed by atoms with E-state index in [1.54, 1.807) is 0 Å². The van der Waals surface area contributed by atoms with Gasteiger partial charge in [0.1, 0.15) is 5.82 Å². The molecule has 22 heavy (non-hydrogen) atoms. The van der Waals surface area contributed by atoms with Gasteiger partial charge in [-0.2, -0.15) is 0 Å². The lowest BCUT2D eigenvalue weighted by molar-refractivity contribution is 0.0950. The van der Waals surface area contributed by atoms with Crippen molar-refractivity contribution in [3.8, 4) is 0 Å². The van der Waals surface area contributed by atoms with Crippen molar-refractivity contribution in [1.29, 1.82) is 0 Å². The maximum absolute atomic E-state index is 13.1. The number of carbonyl (C=O) groups is 1. The lowest BCUT2D eigenvalue weighted by Crippen LogP contribution is -2.22. The van der Waals surface area contributed by atoms with Gasteiger partial charge in [0.25, 0.3) is 5.91 Å². The Bertz CT molecular complexity index is 858. The van der Waals surface area contributed by atoms with E-state index in [0.717, 1.165) is 34.6 Å². The van der Waals surface area contributed by atoms with Gasteiger partial charge < -0.3 is 10.3 Å². The molecular formula is C16H13F2N3O. The van der Waals surface area contributed by atoms with E-state index >= 15 is 0 Å². The van der Waals surface area contributed by atoms with Crippen LogP contribution in [-0.4, -0.2) is 15.9 Å². The summed E-state index contributed by atoms with van der Waals surface area (Å²) in [5.74, 6) is -1.66. The number of nitrogens with zero attached hydrogens (tertiary/aromatic N) is 1. The second-order valence-corrected chi connectivity index (χ2v) is 4.99. The van der Waals surface area contributed by atoms with Crippen molar-refractivity contribution in [3.05, 3.63) is 65.0 Å². The van der Waals surface area contributed by atoms with Gasteiger partial charge in [-0.1, -0.05) is 6.07 Å². The second kappa shape index (κ2) is 5.55. The molecule has 3 rings (SSSR count). The molecule has 112 valence electrons. The molecular weight excluding hydrogens is 288 g/mol. The Hall–Kier alpha value is -2.76. The Kier molecular flexibility index (Phi) is 3.58. The van der Waals surface area contributed by atoms with Crippen LogP contribution in [0.4, 0.5) is 8.78 Å². The zero-order valence-corrected chi connectivity index (χ0v) is 11.8. The predicted octanol–water partition coefficient (Wildman–Crippen LogP) is 3.08. The lowest BCUT2D eigenvalue weighted by Gasteiger charge is -2.06. The number of aromatic amines is 1. The topological polar surface area (TPSA) is 57.8 Å². The third-order valence-corrected chi connectivity index (χ3v) is 3.30. The van der Waals surface area contributed by atoms with Crippen LogP contribution in [0.15, 0.2) is 36.4 Å². The predicted molar refractivity (Wildman–Crippen MR) is 78.4 cm³/mol. The highest BCUT2D eigenvalue weighted by Gasteiger charge is 2.09. The number of fused-ring (bicyclic) bond motifs is 1. The molecule has 0 spiro atoms. The van der Waals surface area contributed by atoms with Gasteiger partial charge in [0.05, 0.1) is 11.0 Å². The molecule has 0 saturated carbocycles. The van der Waals surface area contributed by atoms with E-state index in [4.69, 9.17) is 0 Å². The van der Waals surface area contributed by atoms with E-state index in [1.165, 1.54) is 6.07 Å². The third kappa shape index (κ3) is 2.81. The van der Waals surface area contributed by atoms with E-state index in [-0.39, 0.29) is 12.1 Å². The van der Waals surface area contributed by atoms with E-state index in [1.807, 2.05) is 25.1 Å². The monoisotopic (exact) mass is 301 g/mol. The van der Waals surface area contributed by atoms with Crippen molar-refractivity contribution in [3.63, 3.8) is 0 Å². The molecule has 0 unspecified atom stereocenters. The quantitative estimate of drug-likeness (QED) is 0.781. The fourth-order valence-electron chi connectivity index (χ4n) is 2.22. The standard InChI is InChI=1S/C16H13F2N3O/c1-9-20-14-5-2-10(6-15(14)21-9)8-19-16(22)11-3-4-12(17)13(18)7-11/h2-7H,8H2,1H3,(H,19,22)(H,20,21). The number of rotatable bonds is 3. The van der Waals surface area contributed by atoms with Crippen molar-refractivity contribution in [1.82, 2.24) is 15.3 Å². The molecule has 2 aromatic carbocycles. The molecule has 6 heteroatoms. The van der Waals surface area contributed by atoms with Crippen LogP contribution >= 0.6 is 0 Å². The van der Waals surface area contributed by atoms with E-state index < -0.39 is 17.5 Å². The molecule has 0 fully saturated rings. The summed E-state index contributed by atoms with van der Waals surface area (Å²) < 4.78 is 26.0. The Labute approximate surface area is 125 Å². The van der Waals surface area contributed by atoms with Gasteiger partial charge in [-0.25, -0.2) is 13.8 Å². The number of amides is 1. The molecule has 3 aromatic rings. The molecule has 0 radical (unpaired) electrons. The van der Waals surface area contributed by atoms with Crippen molar-refractivity contribution < 1.29 is 13.6 Å². The molecule has 2 N–H and O–H groups in total. The Morgan fingerprint density at radius 1 is 1.18 bits per heavy atom. The zero-order valence-electron chi connectivity index (χ0n) is 11.8. The summed E-state index contributed by atoms with van der Waals surface area (Å²) in [5, 5.41) is 2.67. The van der Waals surface area contributed by atoms with Crippen LogP contribution in [-0.2, 0) is 6.54 Å². The number of hydrogen-bond donors (Lipinski definition) is 2. The van der Waals surface area contributed by atoms with Crippen molar-refractivity contribution in [2.45, 2.75) is 13.5 Å². The van der Waals surface area contributed by atoms with Crippen LogP contribution in [0, 0.1) is 18.6 Å². The van der Waals surface area contributed by atoms with Gasteiger partial charge in [-0.3, -0.25) is 4.79 Å². The van der Waals surface area contributed by atoms with Crippen LogP contribution in [0.5, 0.6) is 0 Å². The molecule has 1 amide bonds. The highest BCUT2D eigenvalue weighted by molar-refractivity contribution is 5.94. The van der Waals surface area contributed by atoms with E-state index in [0.29, 0.717) is 0 Å². The number of aromatic nitrogens is 2. The molecule has 0 bridgehead atoms. The van der Waals surface area contributed by atoms with E-state index in [2.05, 4.69) is 15.3 Å². The maximum Gasteiger partial charge on any atom is 0.251 e. The van der Waals surface area contributed by atoms with Crippen molar-refractivity contribution >= 4 is 16.9 Å². The van der Waals surface area contributed by atoms with E-state index in [9.17, 15) is 13.6 Å². The SMILES string of the molecule is Cc1nc2ccc(CNC(=O)c3ccc(F)c(F)c3)cc2[nH]1. The number of carbonyl (C=O) groups excluding carboxylic acids is 1. The molecule has 1 heterocycles. The summed E-state index contributed by atoms with van der Waals surface area (Å²) in [6, 6.07) is 8.66. The summed E-state index contributed by atoms with van der Waals surface area (Å²) in [6.45, 7) is 2.15. The Morgan fingerprint density at radius 2 is 2.00 bits per heavy atom. The van der Waals surface area contributed by atoms with Gasteiger partial charge in [0.2, 0.25) is 0 Å². The summed E-state index contributed by atoms with van der Waals surface area (Å²) in [4.78, 5) is 19.3. The first kappa shape index (κ1) is 14.2. The van der Waals surface area contributed by atoms with Crippen molar-refractivity contribution in [2.24, 2.45) is 0 Å². The minimum absolute atomic E-state index is 0.0809. The van der Waals surface area contributed by atoms with Gasteiger partial charge >= 0.3 is 0 Å². The van der Waals surface area contributed by atoms with Crippen LogP contribution in [0.1, 0.15) is 21.7 Å².